The number of hydrogen-bond acceptors (Lipinski definition) is 5. The number of rotatable bonds is 5. The molecule has 0 spiro atoms. The quantitative estimate of drug-likeness (QED) is 0.220. The third kappa shape index (κ3) is 3.84. The van der Waals surface area contributed by atoms with Gasteiger partial charge < -0.3 is 14.8 Å². The van der Waals surface area contributed by atoms with Gasteiger partial charge in [0.25, 0.3) is 5.91 Å². The molecule has 0 aliphatic carbocycles. The van der Waals surface area contributed by atoms with Crippen molar-refractivity contribution >= 4 is 28.2 Å². The maximum atomic E-state index is 12.9. The zero-order chi connectivity index (χ0) is 22.7. The largest absolute Gasteiger partial charge is 0.460 e. The summed E-state index contributed by atoms with van der Waals surface area (Å²) in [6.07, 6.45) is 0. The monoisotopic (exact) mass is 424 g/mol. The van der Waals surface area contributed by atoms with Crippen LogP contribution in [0, 0.1) is 11.3 Å². The Balaban J connectivity index is 1.74. The molecule has 1 amide bonds. The minimum atomic E-state index is -0.551. The van der Waals surface area contributed by atoms with E-state index in [1.54, 1.807) is 6.92 Å². The number of esters is 1. The van der Waals surface area contributed by atoms with Crippen LogP contribution in [0.5, 0.6) is 11.5 Å². The van der Waals surface area contributed by atoms with Gasteiger partial charge in [-0.25, -0.2) is 4.79 Å². The third-order valence-electron chi connectivity index (χ3n) is 5.08. The van der Waals surface area contributed by atoms with Crippen LogP contribution < -0.4 is 10.1 Å². The first-order valence-corrected chi connectivity index (χ1v) is 10.1. The van der Waals surface area contributed by atoms with Gasteiger partial charge >= 0.3 is 5.97 Å². The number of ether oxygens (including phenoxy) is 2. The number of carbonyl (C=O) groups is 2. The molecule has 0 atom stereocenters. The Labute approximate surface area is 185 Å². The maximum Gasteiger partial charge on any atom is 0.333 e. The normalized spacial score (nSPS) is 13.1. The smallest absolute Gasteiger partial charge is 0.333 e. The van der Waals surface area contributed by atoms with E-state index in [0.29, 0.717) is 28.2 Å². The molecule has 32 heavy (non-hydrogen) atoms. The van der Waals surface area contributed by atoms with E-state index in [1.165, 1.54) is 0 Å². The van der Waals surface area contributed by atoms with Crippen molar-refractivity contribution in [3.05, 3.63) is 89.5 Å². The second-order valence-electron chi connectivity index (χ2n) is 7.30. The number of amides is 1. The lowest BCUT2D eigenvalue weighted by atomic mass is 9.88. The molecule has 6 heteroatoms. The van der Waals surface area contributed by atoms with Gasteiger partial charge in [-0.15, -0.1) is 0 Å². The molecule has 0 saturated carbocycles. The van der Waals surface area contributed by atoms with Crippen molar-refractivity contribution in [2.24, 2.45) is 0 Å². The summed E-state index contributed by atoms with van der Waals surface area (Å²) in [5, 5.41) is 14.5. The zero-order valence-corrected chi connectivity index (χ0v) is 17.5. The molecule has 0 fully saturated rings. The van der Waals surface area contributed by atoms with Gasteiger partial charge in [0, 0.05) is 27.7 Å². The summed E-state index contributed by atoms with van der Waals surface area (Å²) in [5.74, 6) is 0.0944. The van der Waals surface area contributed by atoms with Gasteiger partial charge in [-0.3, -0.25) is 4.79 Å². The molecule has 158 valence electrons. The van der Waals surface area contributed by atoms with Crippen molar-refractivity contribution in [3.63, 3.8) is 0 Å². The molecule has 0 radical (unpaired) electrons. The fourth-order valence-electron chi connectivity index (χ4n) is 3.58. The lowest BCUT2D eigenvalue weighted by molar-refractivity contribution is -0.139. The Hall–Kier alpha value is -4.37. The molecule has 6 nitrogen and oxygen atoms in total. The molecule has 0 unspecified atom stereocenters. The van der Waals surface area contributed by atoms with Crippen molar-refractivity contribution < 1.29 is 19.1 Å². The fraction of sp³-hybridized carbons (Fsp3) is 0.115. The average Bonchev–Trinajstić information content (AvgIpc) is 2.81. The molecule has 0 saturated heterocycles. The molecule has 1 aliphatic heterocycles. The van der Waals surface area contributed by atoms with Crippen LogP contribution in [0.1, 0.15) is 18.1 Å². The molecule has 3 aromatic carbocycles. The maximum absolute atomic E-state index is 12.9. The third-order valence-corrected chi connectivity index (χ3v) is 5.08. The number of carbonyl (C=O) groups excluding carboxylic acids is 2. The summed E-state index contributed by atoms with van der Waals surface area (Å²) in [6.45, 7) is 5.10. The number of fused-ring (bicyclic) bond motifs is 4. The molecule has 1 N–H and O–H groups in total. The van der Waals surface area contributed by atoms with Gasteiger partial charge in [0.15, 0.2) is 0 Å². The summed E-state index contributed by atoms with van der Waals surface area (Å²) < 4.78 is 11.2. The van der Waals surface area contributed by atoms with Crippen molar-refractivity contribution in [3.8, 4) is 17.6 Å². The second-order valence-corrected chi connectivity index (χ2v) is 7.30. The predicted octanol–water partition coefficient (Wildman–Crippen LogP) is 4.51. The number of nitrogens with one attached hydrogen (secondary N) is 1. The molecule has 4 rings (SSSR count). The Kier molecular flexibility index (Phi) is 5.73. The van der Waals surface area contributed by atoms with Crippen molar-refractivity contribution in [1.82, 2.24) is 5.32 Å². The van der Waals surface area contributed by atoms with E-state index in [0.717, 1.165) is 10.8 Å². The highest BCUT2D eigenvalue weighted by Gasteiger charge is 2.28. The van der Waals surface area contributed by atoms with Crippen molar-refractivity contribution in [2.75, 3.05) is 13.2 Å². The minimum Gasteiger partial charge on any atom is -0.460 e. The summed E-state index contributed by atoms with van der Waals surface area (Å²) in [4.78, 5) is 24.4. The van der Waals surface area contributed by atoms with Gasteiger partial charge in [0.05, 0.1) is 6.54 Å². The molecule has 0 bridgehead atoms. The molecule has 0 aromatic heterocycles. The number of nitriles is 1. The average molecular weight is 424 g/mol. The zero-order valence-electron chi connectivity index (χ0n) is 17.5. The standard InChI is InChI=1S/C26H20N2O4/c1-16(2)26(30)31-14-13-28-25(29)21(15-27)23-19-9-5-6-10-22(19)32-24-18-8-4-3-7-17(18)11-12-20(23)24/h3-12H,1,13-14H2,2H3,(H,28,29)/b23-21+. The van der Waals surface area contributed by atoms with Gasteiger partial charge in [-0.1, -0.05) is 55.1 Å². The van der Waals surface area contributed by atoms with E-state index >= 15 is 0 Å². The van der Waals surface area contributed by atoms with Crippen LogP contribution in [0.4, 0.5) is 0 Å². The number of benzene rings is 3. The van der Waals surface area contributed by atoms with Crippen molar-refractivity contribution in [2.45, 2.75) is 6.92 Å². The SMILES string of the molecule is C=C(C)C(=O)OCCNC(=O)/C(C#N)=C1\c2ccccc2Oc2c1ccc1ccccc21. The lowest BCUT2D eigenvalue weighted by Gasteiger charge is -2.25. The summed E-state index contributed by atoms with van der Waals surface area (Å²) in [7, 11) is 0. The first-order chi connectivity index (χ1) is 15.5. The van der Waals surface area contributed by atoms with E-state index in [-0.39, 0.29) is 24.3 Å². The van der Waals surface area contributed by atoms with Crippen LogP contribution in [0.3, 0.4) is 0 Å². The summed E-state index contributed by atoms with van der Waals surface area (Å²) in [6, 6.07) is 21.0. The van der Waals surface area contributed by atoms with E-state index in [4.69, 9.17) is 9.47 Å². The molecule has 1 aliphatic rings. The van der Waals surface area contributed by atoms with Gasteiger partial charge in [0.2, 0.25) is 0 Å². The van der Waals surface area contributed by atoms with Crippen LogP contribution in [-0.2, 0) is 14.3 Å². The Morgan fingerprint density at radius 2 is 1.81 bits per heavy atom. The highest BCUT2D eigenvalue weighted by atomic mass is 16.5. The lowest BCUT2D eigenvalue weighted by Crippen LogP contribution is -2.30. The number of hydrogen-bond donors (Lipinski definition) is 1. The predicted molar refractivity (Wildman–Crippen MR) is 121 cm³/mol. The summed E-state index contributed by atoms with van der Waals surface area (Å²) >= 11 is 0. The Morgan fingerprint density at radius 1 is 1.06 bits per heavy atom. The molecular weight excluding hydrogens is 404 g/mol. The van der Waals surface area contributed by atoms with Crippen LogP contribution in [0.25, 0.3) is 16.3 Å². The van der Waals surface area contributed by atoms with Crippen LogP contribution in [0.15, 0.2) is 78.4 Å². The van der Waals surface area contributed by atoms with Gasteiger partial charge in [-0.05, 0) is 24.4 Å². The van der Waals surface area contributed by atoms with Crippen LogP contribution in [0.2, 0.25) is 0 Å². The Morgan fingerprint density at radius 3 is 2.59 bits per heavy atom. The second kappa shape index (κ2) is 8.78. The van der Waals surface area contributed by atoms with Crippen LogP contribution in [-0.4, -0.2) is 25.0 Å². The highest BCUT2D eigenvalue weighted by molar-refractivity contribution is 6.11. The number of para-hydroxylation sites is 1. The first-order valence-electron chi connectivity index (χ1n) is 10.1. The Bertz CT molecular complexity index is 1330. The first kappa shape index (κ1) is 20.9. The van der Waals surface area contributed by atoms with Gasteiger partial charge in [-0.2, -0.15) is 5.26 Å². The molecule has 3 aromatic rings. The van der Waals surface area contributed by atoms with E-state index in [1.807, 2.05) is 60.7 Å². The van der Waals surface area contributed by atoms with Crippen molar-refractivity contribution in [1.29, 1.82) is 5.26 Å². The van der Waals surface area contributed by atoms with E-state index in [9.17, 15) is 14.9 Å². The van der Waals surface area contributed by atoms with E-state index < -0.39 is 11.9 Å². The minimum absolute atomic E-state index is 0.0214. The van der Waals surface area contributed by atoms with Crippen LogP contribution >= 0.6 is 0 Å². The molecular formula is C26H20N2O4. The van der Waals surface area contributed by atoms with Gasteiger partial charge in [0.1, 0.15) is 29.7 Å². The fourth-order valence-corrected chi connectivity index (χ4v) is 3.58. The highest BCUT2D eigenvalue weighted by Crippen LogP contribution is 2.47. The topological polar surface area (TPSA) is 88.4 Å². The summed E-state index contributed by atoms with van der Waals surface area (Å²) in [5.41, 5.74) is 2.08. The molecule has 1 heterocycles. The van der Waals surface area contributed by atoms with E-state index in [2.05, 4.69) is 18.0 Å². The number of nitrogens with zero attached hydrogens (tertiary/aromatic N) is 1.